The van der Waals surface area contributed by atoms with E-state index in [-0.39, 0.29) is 54.8 Å². The van der Waals surface area contributed by atoms with Crippen molar-refractivity contribution in [1.29, 1.82) is 0 Å². The van der Waals surface area contributed by atoms with Crippen molar-refractivity contribution in [3.63, 3.8) is 0 Å². The molecule has 1 aliphatic rings. The number of nitrogen functional groups attached to an aromatic ring is 1. The zero-order valence-corrected chi connectivity index (χ0v) is 39.7. The fourth-order valence-corrected chi connectivity index (χ4v) is 9.13. The Labute approximate surface area is 381 Å². The molecule has 1 aliphatic heterocycles. The number of esters is 1. The average molecular weight is 910 g/mol. The van der Waals surface area contributed by atoms with Crippen LogP contribution in [0.5, 0.6) is 0 Å². The van der Waals surface area contributed by atoms with E-state index in [1.165, 1.54) is 6.92 Å². The van der Waals surface area contributed by atoms with E-state index in [4.69, 9.17) is 10.5 Å². The van der Waals surface area contributed by atoms with Crippen LogP contribution < -0.4 is 16.4 Å². The molecule has 6 atom stereocenters. The van der Waals surface area contributed by atoms with E-state index in [2.05, 4.69) is 25.9 Å². The number of aryl methyl sites for hydroxylation is 1. The molecule has 1 aromatic carbocycles. The summed E-state index contributed by atoms with van der Waals surface area (Å²) in [7, 11) is 1.94. The van der Waals surface area contributed by atoms with Crippen LogP contribution in [0.25, 0.3) is 0 Å². The zero-order valence-electron chi connectivity index (χ0n) is 38.9. The molecule has 0 aliphatic carbocycles. The molecule has 354 valence electrons. The Morgan fingerprint density at radius 3 is 2.42 bits per heavy atom. The predicted molar refractivity (Wildman–Crippen MR) is 245 cm³/mol. The van der Waals surface area contributed by atoms with E-state index in [0.29, 0.717) is 62.3 Å². The number of likely N-dealkylation sites (N-methyl/N-ethyl adjacent to an activating group) is 1. The number of anilines is 1. The number of aliphatic carboxylic acids is 1. The quantitative estimate of drug-likeness (QED) is 0.0427. The lowest BCUT2D eigenvalue weighted by Gasteiger charge is -2.40. The Bertz CT molecular complexity index is 1990. The number of amides is 3. The van der Waals surface area contributed by atoms with Gasteiger partial charge in [-0.25, -0.2) is 9.67 Å². The van der Waals surface area contributed by atoms with Gasteiger partial charge in [0.15, 0.2) is 6.10 Å². The van der Waals surface area contributed by atoms with Crippen LogP contribution >= 0.6 is 11.3 Å². The number of ether oxygens (including phenoxy) is 1. The SMILES string of the molecule is CC[C@H](C)[C@H](NC(=O)[C@H]1CCCCN1C)C(=O)N(CCCCc1cnnn1CCO)[C@H](CC(OC(C)=O)c1nc(C(=O)N[C@@H](Cc2ccc(N)cc2)CC(C)(C)C(=O)O)cs1)C(C)C. The summed E-state index contributed by atoms with van der Waals surface area (Å²) in [6, 6.07) is 5.00. The van der Waals surface area contributed by atoms with Crippen molar-refractivity contribution in [2.75, 3.05) is 32.5 Å². The highest BCUT2D eigenvalue weighted by Crippen LogP contribution is 2.32. The fraction of sp³-hybridized carbons (Fsp3) is 0.652. The number of aliphatic hydroxyl groups excluding tert-OH is 1. The number of carbonyl (C=O) groups is 5. The molecule has 3 amide bonds. The van der Waals surface area contributed by atoms with E-state index in [1.807, 2.05) is 56.7 Å². The molecule has 0 bridgehead atoms. The second-order valence-electron chi connectivity index (χ2n) is 18.3. The van der Waals surface area contributed by atoms with Gasteiger partial charge >= 0.3 is 11.9 Å². The van der Waals surface area contributed by atoms with Gasteiger partial charge in [0.2, 0.25) is 11.8 Å². The van der Waals surface area contributed by atoms with Crippen LogP contribution in [-0.4, -0.2) is 121 Å². The molecule has 3 aromatic rings. The Morgan fingerprint density at radius 1 is 1.08 bits per heavy atom. The summed E-state index contributed by atoms with van der Waals surface area (Å²) in [6.45, 7) is 13.9. The number of carbonyl (C=O) groups excluding carboxylic acids is 4. The van der Waals surface area contributed by atoms with Gasteiger partial charge in [-0.3, -0.25) is 28.9 Å². The molecule has 0 saturated carbocycles. The highest BCUT2D eigenvalue weighted by atomic mass is 32.1. The summed E-state index contributed by atoms with van der Waals surface area (Å²) < 4.78 is 7.62. The van der Waals surface area contributed by atoms with E-state index in [9.17, 15) is 29.4 Å². The van der Waals surface area contributed by atoms with Crippen molar-refractivity contribution < 1.29 is 38.9 Å². The maximum Gasteiger partial charge on any atom is 0.309 e. The lowest BCUT2D eigenvalue weighted by atomic mass is 9.84. The lowest BCUT2D eigenvalue weighted by Crippen LogP contribution is -2.59. The molecule has 64 heavy (non-hydrogen) atoms. The smallest absolute Gasteiger partial charge is 0.309 e. The monoisotopic (exact) mass is 910 g/mol. The number of thiazole rings is 1. The number of hydrogen-bond donors (Lipinski definition) is 5. The number of aliphatic hydroxyl groups is 1. The maximum absolute atomic E-state index is 15.1. The Balaban J connectivity index is 1.64. The number of rotatable bonds is 25. The highest BCUT2D eigenvalue weighted by Gasteiger charge is 2.39. The second-order valence-corrected chi connectivity index (χ2v) is 19.1. The summed E-state index contributed by atoms with van der Waals surface area (Å²) in [5.74, 6) is -2.76. The van der Waals surface area contributed by atoms with Crippen molar-refractivity contribution in [2.24, 2.45) is 17.3 Å². The van der Waals surface area contributed by atoms with E-state index >= 15 is 4.79 Å². The first-order valence-electron chi connectivity index (χ1n) is 22.7. The third-order valence-electron chi connectivity index (χ3n) is 12.3. The standard InChI is InChI=1S/C46H71N9O8S/c1-9-30(4)40(51-42(59)37-15-11-12-20-53(37)8)44(60)54(21-13-10-14-35-27-48-52-55(35)22-23-56)38(29(2)3)25-39(63-31(5)57)43-50-36(28-64-43)41(58)49-34(26-46(6,7)45(61)62)24-32-16-18-33(47)19-17-32/h16-19,27-30,34,37-40,56H,9-15,20-26,47H2,1-8H3,(H,49,58)(H,51,59)(H,61,62)/t30-,34-,37+,38+,39?,40-/m0/s1. The van der Waals surface area contributed by atoms with Crippen molar-refractivity contribution in [2.45, 2.75) is 149 Å². The third kappa shape index (κ3) is 14.8. The average Bonchev–Trinajstić information content (AvgIpc) is 3.92. The molecule has 0 radical (unpaired) electrons. The van der Waals surface area contributed by atoms with Crippen LogP contribution in [-0.2, 0) is 43.3 Å². The molecule has 3 heterocycles. The number of benzene rings is 1. The first-order valence-corrected chi connectivity index (χ1v) is 23.5. The van der Waals surface area contributed by atoms with Crippen LogP contribution in [0, 0.1) is 17.3 Å². The molecule has 17 nitrogen and oxygen atoms in total. The topological polar surface area (TPSA) is 235 Å². The van der Waals surface area contributed by atoms with Crippen LogP contribution in [0.4, 0.5) is 5.69 Å². The second kappa shape index (κ2) is 24.4. The van der Waals surface area contributed by atoms with Gasteiger partial charge in [-0.15, -0.1) is 16.4 Å². The number of carboxylic acid groups (broad SMARTS) is 1. The predicted octanol–water partition coefficient (Wildman–Crippen LogP) is 5.04. The molecule has 18 heteroatoms. The number of likely N-dealkylation sites (tertiary alicyclic amines) is 1. The van der Waals surface area contributed by atoms with Gasteiger partial charge in [0.05, 0.1) is 36.5 Å². The minimum absolute atomic E-state index is 0.0704. The van der Waals surface area contributed by atoms with Crippen LogP contribution in [0.15, 0.2) is 35.8 Å². The summed E-state index contributed by atoms with van der Waals surface area (Å²) in [4.78, 5) is 76.3. The highest BCUT2D eigenvalue weighted by molar-refractivity contribution is 7.09. The zero-order chi connectivity index (χ0) is 47.1. The molecular formula is C46H71N9O8S. The number of piperidine rings is 1. The van der Waals surface area contributed by atoms with Gasteiger partial charge < -0.3 is 36.2 Å². The normalized spacial score (nSPS) is 16.9. The number of unbranched alkanes of at least 4 members (excludes halogenated alkanes) is 1. The number of carboxylic acids is 1. The molecule has 1 fully saturated rings. The fourth-order valence-electron chi connectivity index (χ4n) is 8.29. The van der Waals surface area contributed by atoms with Crippen LogP contribution in [0.3, 0.4) is 0 Å². The van der Waals surface area contributed by atoms with Gasteiger partial charge in [-0.1, -0.05) is 57.9 Å². The van der Waals surface area contributed by atoms with Crippen molar-refractivity contribution in [3.8, 4) is 0 Å². The number of aromatic nitrogens is 4. The molecule has 6 N–H and O–H groups in total. The van der Waals surface area contributed by atoms with Gasteiger partial charge in [-0.2, -0.15) is 0 Å². The Morgan fingerprint density at radius 2 is 1.80 bits per heavy atom. The van der Waals surface area contributed by atoms with E-state index in [0.717, 1.165) is 42.0 Å². The number of hydrogen-bond acceptors (Lipinski definition) is 13. The molecule has 2 aromatic heterocycles. The summed E-state index contributed by atoms with van der Waals surface area (Å²) in [6.07, 6.45) is 6.63. The summed E-state index contributed by atoms with van der Waals surface area (Å²) >= 11 is 1.16. The molecular weight excluding hydrogens is 839 g/mol. The molecule has 1 unspecified atom stereocenters. The summed E-state index contributed by atoms with van der Waals surface area (Å²) in [5, 5.41) is 35.6. The molecule has 0 spiro atoms. The lowest BCUT2D eigenvalue weighted by molar-refractivity contribution is -0.150. The van der Waals surface area contributed by atoms with E-state index < -0.39 is 47.5 Å². The van der Waals surface area contributed by atoms with Crippen LogP contribution in [0.1, 0.15) is 133 Å². The van der Waals surface area contributed by atoms with Crippen molar-refractivity contribution >= 4 is 46.7 Å². The first kappa shape index (κ1) is 51.7. The van der Waals surface area contributed by atoms with Gasteiger partial charge in [0, 0.05) is 43.0 Å². The largest absolute Gasteiger partial charge is 0.481 e. The van der Waals surface area contributed by atoms with Gasteiger partial charge in [0.25, 0.3) is 5.91 Å². The number of nitrogens with two attached hydrogens (primary N) is 1. The molecule has 1 saturated heterocycles. The number of nitrogens with zero attached hydrogens (tertiary/aromatic N) is 6. The third-order valence-corrected chi connectivity index (χ3v) is 13.3. The van der Waals surface area contributed by atoms with Crippen molar-refractivity contribution in [1.82, 2.24) is 40.4 Å². The minimum Gasteiger partial charge on any atom is -0.481 e. The van der Waals surface area contributed by atoms with Crippen LogP contribution in [0.2, 0.25) is 0 Å². The summed E-state index contributed by atoms with van der Waals surface area (Å²) in [5.41, 5.74) is 7.16. The first-order chi connectivity index (χ1) is 30.3. The Hall–Kier alpha value is -4.94. The van der Waals surface area contributed by atoms with Crippen molar-refractivity contribution in [3.05, 3.63) is 57.8 Å². The maximum atomic E-state index is 15.1. The minimum atomic E-state index is -1.14. The van der Waals surface area contributed by atoms with Gasteiger partial charge in [0.1, 0.15) is 16.7 Å². The molecule has 4 rings (SSSR count). The number of nitrogens with one attached hydrogen (secondary N) is 2. The Kier molecular flexibility index (Phi) is 19.7. The van der Waals surface area contributed by atoms with Gasteiger partial charge in [-0.05, 0) is 102 Å². The van der Waals surface area contributed by atoms with E-state index in [1.54, 1.807) is 42.2 Å².